The van der Waals surface area contributed by atoms with Crippen LogP contribution in [0.4, 0.5) is 28.4 Å². The first-order valence-corrected chi connectivity index (χ1v) is 18.5. The smallest absolute Gasteiger partial charge is 0.264 e. The third-order valence-corrected chi connectivity index (χ3v) is 10.8. The van der Waals surface area contributed by atoms with Crippen LogP contribution in [-0.2, 0) is 52.3 Å². The summed E-state index contributed by atoms with van der Waals surface area (Å²) < 4.78 is 1.70. The number of nitrogens with zero attached hydrogens (tertiary/aromatic N) is 6. The lowest BCUT2D eigenvalue weighted by Gasteiger charge is -2.31. The van der Waals surface area contributed by atoms with Crippen LogP contribution in [0.2, 0.25) is 0 Å². The Morgan fingerprint density at radius 2 is 1.46 bits per heavy atom. The largest absolute Gasteiger partial charge is 0.396 e. The highest BCUT2D eigenvalue weighted by Gasteiger charge is 2.53. The number of amides is 3. The molecule has 11 nitrogen and oxygen atoms in total. The number of anilines is 5. The van der Waals surface area contributed by atoms with Crippen molar-refractivity contribution in [1.29, 1.82) is 0 Å². The number of carbonyl (C=O) groups excluding carboxylic acids is 3. The first kappa shape index (κ1) is 35.1. The van der Waals surface area contributed by atoms with Gasteiger partial charge in [0.15, 0.2) is 5.60 Å². The van der Waals surface area contributed by atoms with Gasteiger partial charge in [0.1, 0.15) is 0 Å². The first-order valence-electron chi connectivity index (χ1n) is 18.5. The Labute approximate surface area is 313 Å². The van der Waals surface area contributed by atoms with E-state index in [9.17, 15) is 24.6 Å². The molecule has 0 aliphatic carbocycles. The summed E-state index contributed by atoms with van der Waals surface area (Å²) in [6, 6.07) is 28.8. The van der Waals surface area contributed by atoms with Crippen molar-refractivity contribution in [2.45, 2.75) is 64.1 Å². The zero-order valence-electron chi connectivity index (χ0n) is 30.1. The van der Waals surface area contributed by atoms with E-state index in [1.807, 2.05) is 104 Å². The number of para-hydroxylation sites is 2. The number of hydrogen-bond donors (Lipinski definition) is 2. The molecule has 274 valence electrons. The molecule has 0 unspecified atom stereocenters. The van der Waals surface area contributed by atoms with Crippen LogP contribution in [0.25, 0.3) is 0 Å². The van der Waals surface area contributed by atoms with E-state index in [2.05, 4.69) is 10.3 Å². The minimum atomic E-state index is -1.93. The molecule has 54 heavy (non-hydrogen) atoms. The van der Waals surface area contributed by atoms with Gasteiger partial charge >= 0.3 is 0 Å². The van der Waals surface area contributed by atoms with Crippen LogP contribution >= 0.6 is 0 Å². The zero-order valence-corrected chi connectivity index (χ0v) is 30.1. The molecule has 8 rings (SSSR count). The lowest BCUT2D eigenvalue weighted by molar-refractivity contribution is -0.139. The highest BCUT2D eigenvalue weighted by atomic mass is 16.3. The van der Waals surface area contributed by atoms with E-state index in [0.717, 1.165) is 33.8 Å². The second-order valence-corrected chi connectivity index (χ2v) is 14.2. The maximum absolute atomic E-state index is 14.7. The Kier molecular flexibility index (Phi) is 9.43. The lowest BCUT2D eigenvalue weighted by atomic mass is 9.82. The second-order valence-electron chi connectivity index (χ2n) is 14.2. The molecular formula is C43H42N6O5. The van der Waals surface area contributed by atoms with Crippen molar-refractivity contribution < 1.29 is 24.6 Å². The minimum Gasteiger partial charge on any atom is -0.396 e. The van der Waals surface area contributed by atoms with Gasteiger partial charge in [-0.05, 0) is 78.4 Å². The number of fused-ring (bicyclic) bond motifs is 3. The highest BCUT2D eigenvalue weighted by Crippen LogP contribution is 2.48. The summed E-state index contributed by atoms with van der Waals surface area (Å²) in [5.41, 5.74) is 5.71. The van der Waals surface area contributed by atoms with Crippen molar-refractivity contribution in [3.63, 3.8) is 0 Å². The third kappa shape index (κ3) is 6.29. The summed E-state index contributed by atoms with van der Waals surface area (Å²) >= 11 is 0. The van der Waals surface area contributed by atoms with E-state index < -0.39 is 17.4 Å². The van der Waals surface area contributed by atoms with Gasteiger partial charge in [-0.25, -0.2) is 0 Å². The van der Waals surface area contributed by atoms with Gasteiger partial charge in [0.2, 0.25) is 11.8 Å². The highest BCUT2D eigenvalue weighted by molar-refractivity contribution is 6.09. The van der Waals surface area contributed by atoms with Crippen molar-refractivity contribution in [3.8, 4) is 0 Å². The Bertz CT molecular complexity index is 2280. The van der Waals surface area contributed by atoms with E-state index in [4.69, 9.17) is 0 Å². The van der Waals surface area contributed by atoms with Crippen molar-refractivity contribution >= 4 is 46.2 Å². The standard InChI is InChI=1S/C43H42N6O5/c1-29(9-6-7-23-46-28-33(22-24-50)44-45-46)43(54)36-26-35(49-38-15-5-3-12-32(38)17-21-41(49)52)18-19-39(36)47(42(43)53)27-30-10-8-13-34(25-30)48-37-14-4-2-11-31(37)16-20-40(48)51/h2-6,8-15,18-19,25-26,28-29,50,54H,7,16-17,20-24,27H2,1H3/b9-6+/t29-,43+/m1/s1. The molecule has 0 spiro atoms. The number of aryl methyl sites for hydroxylation is 3. The molecule has 0 saturated heterocycles. The molecule has 1 aromatic heterocycles. The molecule has 2 atom stereocenters. The topological polar surface area (TPSA) is 132 Å². The third-order valence-electron chi connectivity index (χ3n) is 10.8. The van der Waals surface area contributed by atoms with Crippen LogP contribution in [0, 0.1) is 5.92 Å². The number of rotatable bonds is 11. The lowest BCUT2D eigenvalue weighted by Crippen LogP contribution is -2.44. The van der Waals surface area contributed by atoms with E-state index in [0.29, 0.717) is 67.7 Å². The number of aromatic nitrogens is 3. The van der Waals surface area contributed by atoms with Gasteiger partial charge in [0.25, 0.3) is 5.91 Å². The second kappa shape index (κ2) is 14.5. The minimum absolute atomic E-state index is 0.000554. The summed E-state index contributed by atoms with van der Waals surface area (Å²) in [5, 5.41) is 30.0. The molecular weight excluding hydrogens is 681 g/mol. The number of aliphatic hydroxyl groups excluding tert-OH is 1. The molecule has 3 aliphatic rings. The van der Waals surface area contributed by atoms with Crippen LogP contribution in [0.5, 0.6) is 0 Å². The Hall–Kier alpha value is -5.91. The van der Waals surface area contributed by atoms with Crippen LogP contribution in [0.15, 0.2) is 109 Å². The molecule has 3 amide bonds. The molecule has 0 fully saturated rings. The van der Waals surface area contributed by atoms with E-state index >= 15 is 0 Å². The van der Waals surface area contributed by atoms with Gasteiger partial charge in [0, 0.05) is 61.5 Å². The molecule has 3 aliphatic heterocycles. The number of benzene rings is 4. The zero-order chi connectivity index (χ0) is 37.4. The maximum Gasteiger partial charge on any atom is 0.264 e. The van der Waals surface area contributed by atoms with Gasteiger partial charge in [-0.1, -0.05) is 72.8 Å². The number of aliphatic hydroxyl groups is 2. The molecule has 4 aromatic carbocycles. The van der Waals surface area contributed by atoms with Crippen LogP contribution in [-0.4, -0.2) is 49.5 Å². The molecule has 4 heterocycles. The van der Waals surface area contributed by atoms with E-state index in [1.54, 1.807) is 31.6 Å². The SMILES string of the molecule is C[C@H](/C=C/CCn1cc(CCO)nn1)[C@@]1(O)C(=O)N(Cc2cccc(N3C(=O)CCc4ccccc43)c2)c2ccc(N3C(=O)CCc4ccccc43)cc21. The molecule has 0 bridgehead atoms. The molecule has 11 heteroatoms. The quantitative estimate of drug-likeness (QED) is 0.159. The van der Waals surface area contributed by atoms with Crippen LogP contribution < -0.4 is 14.7 Å². The fraction of sp³-hybridized carbons (Fsp3) is 0.279. The maximum atomic E-state index is 14.7. The molecule has 0 saturated carbocycles. The molecule has 5 aromatic rings. The van der Waals surface area contributed by atoms with Gasteiger partial charge < -0.3 is 15.1 Å². The van der Waals surface area contributed by atoms with E-state index in [-0.39, 0.29) is 25.0 Å². The van der Waals surface area contributed by atoms with Crippen LogP contribution in [0.3, 0.4) is 0 Å². The Morgan fingerprint density at radius 1 is 0.796 bits per heavy atom. The van der Waals surface area contributed by atoms with Crippen molar-refractivity contribution in [1.82, 2.24) is 15.0 Å². The van der Waals surface area contributed by atoms with Crippen molar-refractivity contribution in [3.05, 3.63) is 137 Å². The average Bonchev–Trinajstić information content (AvgIpc) is 3.72. The van der Waals surface area contributed by atoms with Gasteiger partial charge in [-0.15, -0.1) is 5.10 Å². The normalized spacial score (nSPS) is 18.6. The van der Waals surface area contributed by atoms with Crippen LogP contribution in [0.1, 0.15) is 54.1 Å². The van der Waals surface area contributed by atoms with Gasteiger partial charge in [-0.2, -0.15) is 0 Å². The van der Waals surface area contributed by atoms with Gasteiger partial charge in [-0.3, -0.25) is 28.9 Å². The summed E-state index contributed by atoms with van der Waals surface area (Å²) in [7, 11) is 0. The summed E-state index contributed by atoms with van der Waals surface area (Å²) in [6.45, 7) is 2.52. The van der Waals surface area contributed by atoms with Crippen molar-refractivity contribution in [2.24, 2.45) is 5.92 Å². The Balaban J connectivity index is 1.13. The molecule has 2 N–H and O–H groups in total. The first-order chi connectivity index (χ1) is 26.3. The predicted molar refractivity (Wildman–Crippen MR) is 206 cm³/mol. The number of carbonyl (C=O) groups is 3. The van der Waals surface area contributed by atoms with Crippen molar-refractivity contribution in [2.75, 3.05) is 21.3 Å². The van der Waals surface area contributed by atoms with Gasteiger partial charge in [0.05, 0.1) is 29.3 Å². The van der Waals surface area contributed by atoms with E-state index in [1.165, 1.54) is 0 Å². The monoisotopic (exact) mass is 722 g/mol. The summed E-state index contributed by atoms with van der Waals surface area (Å²) in [6.07, 6.45) is 8.70. The summed E-state index contributed by atoms with van der Waals surface area (Å²) in [5.74, 6) is -1.14. The summed E-state index contributed by atoms with van der Waals surface area (Å²) in [4.78, 5) is 46.4. The Morgan fingerprint density at radius 3 is 2.15 bits per heavy atom. The molecule has 0 radical (unpaired) electrons. The number of hydrogen-bond acceptors (Lipinski definition) is 7. The predicted octanol–water partition coefficient (Wildman–Crippen LogP) is 6.05. The average molecular weight is 723 g/mol. The number of allylic oxidation sites excluding steroid dienone is 1. The fourth-order valence-electron chi connectivity index (χ4n) is 7.95. The fourth-order valence-corrected chi connectivity index (χ4v) is 7.95.